The first-order valence-electron chi connectivity index (χ1n) is 14.9. The van der Waals surface area contributed by atoms with Crippen molar-refractivity contribution in [1.29, 1.82) is 0 Å². The fourth-order valence-electron chi connectivity index (χ4n) is 5.97. The zero-order valence-electron chi connectivity index (χ0n) is 24.8. The van der Waals surface area contributed by atoms with Crippen LogP contribution in [0.5, 0.6) is 5.75 Å². The highest BCUT2D eigenvalue weighted by Gasteiger charge is 2.24. The van der Waals surface area contributed by atoms with Crippen LogP contribution in [0.2, 0.25) is 0 Å². The largest absolute Gasteiger partial charge is 0.486 e. The van der Waals surface area contributed by atoms with Gasteiger partial charge in [-0.15, -0.1) is 0 Å². The summed E-state index contributed by atoms with van der Waals surface area (Å²) in [5.41, 5.74) is 6.39. The Bertz CT molecular complexity index is 1890. The Morgan fingerprint density at radius 1 is 1.11 bits per heavy atom. The fourth-order valence-corrected chi connectivity index (χ4v) is 5.97. The smallest absolute Gasteiger partial charge is 0.337 e. The highest BCUT2D eigenvalue weighted by Crippen LogP contribution is 2.30. The van der Waals surface area contributed by atoms with E-state index in [0.29, 0.717) is 18.7 Å². The lowest BCUT2D eigenvalue weighted by atomic mass is 9.99. The molecule has 0 radical (unpaired) electrons. The molecule has 10 heteroatoms. The van der Waals surface area contributed by atoms with Gasteiger partial charge in [0.2, 0.25) is 0 Å². The number of fused-ring (bicyclic) bond motifs is 2. The van der Waals surface area contributed by atoms with E-state index < -0.39 is 0 Å². The molecular formula is C34H34FN5O4. The first kappa shape index (κ1) is 28.2. The maximum Gasteiger partial charge on any atom is 0.337 e. The number of ether oxygens (including phenoxy) is 3. The summed E-state index contributed by atoms with van der Waals surface area (Å²) in [6.07, 6.45) is 6.00. The van der Waals surface area contributed by atoms with Crippen molar-refractivity contribution in [3.05, 3.63) is 95.2 Å². The summed E-state index contributed by atoms with van der Waals surface area (Å²) in [4.78, 5) is 19.5. The van der Waals surface area contributed by atoms with Crippen molar-refractivity contribution in [3.63, 3.8) is 0 Å². The minimum Gasteiger partial charge on any atom is -0.486 e. The third kappa shape index (κ3) is 5.58. The zero-order valence-corrected chi connectivity index (χ0v) is 24.8. The topological polar surface area (TPSA) is 83.6 Å². The van der Waals surface area contributed by atoms with Crippen LogP contribution in [-0.4, -0.2) is 63.1 Å². The van der Waals surface area contributed by atoms with E-state index in [1.165, 1.54) is 18.7 Å². The van der Waals surface area contributed by atoms with Crippen LogP contribution in [0.15, 0.2) is 66.9 Å². The number of halogens is 1. The third-order valence-corrected chi connectivity index (χ3v) is 8.59. The Morgan fingerprint density at radius 2 is 2.00 bits per heavy atom. The second-order valence-electron chi connectivity index (χ2n) is 11.4. The lowest BCUT2D eigenvalue weighted by Gasteiger charge is -2.29. The monoisotopic (exact) mass is 595 g/mol. The van der Waals surface area contributed by atoms with Crippen molar-refractivity contribution in [2.24, 2.45) is 7.05 Å². The number of hydrogen-bond acceptors (Lipinski definition) is 7. The molecule has 3 aromatic carbocycles. The molecule has 0 N–H and O–H groups in total. The van der Waals surface area contributed by atoms with Gasteiger partial charge in [-0.1, -0.05) is 18.2 Å². The average Bonchev–Trinajstić information content (AvgIpc) is 3.56. The molecule has 0 spiro atoms. The lowest BCUT2D eigenvalue weighted by Crippen LogP contribution is -2.33. The molecule has 1 saturated heterocycles. The van der Waals surface area contributed by atoms with Crippen molar-refractivity contribution < 1.29 is 23.4 Å². The van der Waals surface area contributed by atoms with Crippen LogP contribution in [0.4, 0.5) is 4.39 Å². The van der Waals surface area contributed by atoms with Gasteiger partial charge in [0.1, 0.15) is 12.4 Å². The molecular weight excluding hydrogens is 561 g/mol. The molecule has 2 aliphatic heterocycles. The number of carbonyl (C=O) groups is 1. The van der Waals surface area contributed by atoms with Gasteiger partial charge in [-0.2, -0.15) is 5.10 Å². The molecule has 5 aromatic rings. The van der Waals surface area contributed by atoms with E-state index in [2.05, 4.69) is 20.6 Å². The summed E-state index contributed by atoms with van der Waals surface area (Å²) in [6.45, 7) is 3.98. The van der Waals surface area contributed by atoms with Crippen molar-refractivity contribution in [1.82, 2.24) is 24.2 Å². The first-order valence-corrected chi connectivity index (χ1v) is 14.9. The second-order valence-corrected chi connectivity index (χ2v) is 11.4. The van der Waals surface area contributed by atoms with Gasteiger partial charge in [0.05, 0.1) is 54.6 Å². The minimum absolute atomic E-state index is 0.147. The van der Waals surface area contributed by atoms with Crippen LogP contribution in [0.3, 0.4) is 0 Å². The predicted octanol–water partition coefficient (Wildman–Crippen LogP) is 5.51. The number of benzene rings is 3. The van der Waals surface area contributed by atoms with E-state index >= 15 is 0 Å². The fraction of sp³-hybridized carbons (Fsp3) is 0.324. The van der Waals surface area contributed by atoms with E-state index in [-0.39, 0.29) is 30.2 Å². The number of carbonyl (C=O) groups excluding carboxylic acids is 1. The van der Waals surface area contributed by atoms with Gasteiger partial charge >= 0.3 is 5.97 Å². The summed E-state index contributed by atoms with van der Waals surface area (Å²) >= 11 is 0. The number of methoxy groups -OCH3 is 1. The first-order chi connectivity index (χ1) is 21.4. The van der Waals surface area contributed by atoms with E-state index in [4.69, 9.17) is 19.2 Å². The standard InChI is InChI=1S/C34H34FN5O4/c1-38-30-8-3-22(15-26(30)18-36-38)21-44-32-17-24(4-6-28(32)35)23-9-12-39(13-10-23)20-33-37-29-7-5-25(34(41)42-2)16-31(29)40(33)19-27-11-14-43-27/h3-9,15-18,27H,10-14,19-21H2,1-2H3. The Morgan fingerprint density at radius 3 is 2.77 bits per heavy atom. The molecule has 7 rings (SSSR count). The number of imidazole rings is 1. The molecule has 9 nitrogen and oxygen atoms in total. The number of aromatic nitrogens is 4. The number of rotatable bonds is 9. The summed E-state index contributed by atoms with van der Waals surface area (Å²) in [5.74, 6) is 0.445. The molecule has 44 heavy (non-hydrogen) atoms. The van der Waals surface area contributed by atoms with Crippen molar-refractivity contribution in [2.45, 2.75) is 38.6 Å². The average molecular weight is 596 g/mol. The predicted molar refractivity (Wildman–Crippen MR) is 165 cm³/mol. The van der Waals surface area contributed by atoms with Crippen LogP contribution in [-0.2, 0) is 36.2 Å². The van der Waals surface area contributed by atoms with Crippen LogP contribution < -0.4 is 4.74 Å². The molecule has 0 saturated carbocycles. The third-order valence-electron chi connectivity index (χ3n) is 8.59. The highest BCUT2D eigenvalue weighted by molar-refractivity contribution is 5.93. The molecule has 226 valence electrons. The van der Waals surface area contributed by atoms with Gasteiger partial charge in [0.15, 0.2) is 11.6 Å². The summed E-state index contributed by atoms with van der Waals surface area (Å²) in [5, 5.41) is 5.31. The molecule has 0 amide bonds. The Kier molecular flexibility index (Phi) is 7.61. The van der Waals surface area contributed by atoms with Gasteiger partial charge in [-0.3, -0.25) is 9.58 Å². The van der Waals surface area contributed by atoms with E-state index in [9.17, 15) is 9.18 Å². The Hall–Kier alpha value is -4.54. The summed E-state index contributed by atoms with van der Waals surface area (Å²) < 4.78 is 35.3. The van der Waals surface area contributed by atoms with Crippen molar-refractivity contribution >= 4 is 33.5 Å². The zero-order chi connectivity index (χ0) is 30.2. The van der Waals surface area contributed by atoms with Gasteiger partial charge in [-0.05, 0) is 72.0 Å². The molecule has 1 fully saturated rings. The maximum atomic E-state index is 14.7. The SMILES string of the molecule is COC(=O)c1ccc2nc(CN3CC=C(c4ccc(F)c(OCc5ccc6c(cnn6C)c5)c4)CC3)n(CC3CCO3)c2c1. The number of aryl methyl sites for hydroxylation is 1. The number of esters is 1. The van der Waals surface area contributed by atoms with Crippen LogP contribution >= 0.6 is 0 Å². The molecule has 2 aliphatic rings. The van der Waals surface area contributed by atoms with Crippen LogP contribution in [0.25, 0.3) is 27.5 Å². The van der Waals surface area contributed by atoms with Crippen molar-refractivity contribution in [3.8, 4) is 5.75 Å². The number of nitrogens with zero attached hydrogens (tertiary/aromatic N) is 5. The van der Waals surface area contributed by atoms with Gasteiger partial charge in [0.25, 0.3) is 0 Å². The summed E-state index contributed by atoms with van der Waals surface area (Å²) in [7, 11) is 3.30. The Labute approximate surface area is 254 Å². The summed E-state index contributed by atoms with van der Waals surface area (Å²) in [6, 6.07) is 16.6. The van der Waals surface area contributed by atoms with Crippen molar-refractivity contribution in [2.75, 3.05) is 26.8 Å². The Balaban J connectivity index is 1.05. The van der Waals surface area contributed by atoms with E-state index in [0.717, 1.165) is 71.4 Å². The van der Waals surface area contributed by atoms with Gasteiger partial charge < -0.3 is 18.8 Å². The molecule has 0 aliphatic carbocycles. The molecule has 1 unspecified atom stereocenters. The molecule has 0 bridgehead atoms. The second kappa shape index (κ2) is 11.9. The normalized spacial score (nSPS) is 17.1. The van der Waals surface area contributed by atoms with E-state index in [1.54, 1.807) is 12.1 Å². The van der Waals surface area contributed by atoms with Crippen LogP contribution in [0, 0.1) is 5.82 Å². The lowest BCUT2D eigenvalue weighted by molar-refractivity contribution is -0.0591. The maximum absolute atomic E-state index is 14.7. The van der Waals surface area contributed by atoms with Gasteiger partial charge in [0, 0.05) is 32.1 Å². The van der Waals surface area contributed by atoms with Gasteiger partial charge in [-0.25, -0.2) is 14.2 Å². The van der Waals surface area contributed by atoms with E-state index in [1.807, 2.05) is 54.3 Å². The molecule has 1 atom stereocenters. The highest BCUT2D eigenvalue weighted by atomic mass is 19.1. The molecule has 4 heterocycles. The molecule has 2 aromatic heterocycles. The minimum atomic E-state index is -0.376. The quantitative estimate of drug-likeness (QED) is 0.208. The number of hydrogen-bond donors (Lipinski definition) is 0. The van der Waals surface area contributed by atoms with Crippen LogP contribution in [0.1, 0.15) is 40.2 Å².